The molecule has 3 aromatic rings. The zero-order chi connectivity index (χ0) is 13.8. The fourth-order valence-electron chi connectivity index (χ4n) is 1.86. The number of ketones is 1. The second-order valence-corrected chi connectivity index (χ2v) is 4.23. The second kappa shape index (κ2) is 5.40. The third-order valence-corrected chi connectivity index (χ3v) is 2.86. The van der Waals surface area contributed by atoms with Crippen LogP contribution in [0.5, 0.6) is 0 Å². The molecule has 3 rings (SSSR count). The normalized spacial score (nSPS) is 10.2. The maximum atomic E-state index is 12.3. The summed E-state index contributed by atoms with van der Waals surface area (Å²) in [5.74, 6) is 0.296. The molecule has 20 heavy (non-hydrogen) atoms. The smallest absolute Gasteiger partial charge is 0.213 e. The van der Waals surface area contributed by atoms with Crippen LogP contribution in [0.3, 0.4) is 0 Å². The van der Waals surface area contributed by atoms with Crippen LogP contribution in [-0.4, -0.2) is 21.0 Å². The van der Waals surface area contributed by atoms with E-state index in [1.54, 1.807) is 12.1 Å². The Labute approximate surface area is 116 Å². The van der Waals surface area contributed by atoms with Crippen LogP contribution in [0.4, 0.5) is 0 Å². The fourth-order valence-corrected chi connectivity index (χ4v) is 1.86. The van der Waals surface area contributed by atoms with E-state index in [1.807, 2.05) is 48.5 Å². The second-order valence-electron chi connectivity index (χ2n) is 4.23. The zero-order valence-electron chi connectivity index (χ0n) is 10.6. The first kappa shape index (κ1) is 12.2. The van der Waals surface area contributed by atoms with E-state index in [1.165, 1.54) is 6.20 Å². The molecular formula is C16H11N3O. The summed E-state index contributed by atoms with van der Waals surface area (Å²) in [5.41, 5.74) is 1.72. The molecule has 0 radical (unpaired) electrons. The van der Waals surface area contributed by atoms with Crippen molar-refractivity contribution < 1.29 is 4.79 Å². The third kappa shape index (κ3) is 2.44. The molecule has 2 aromatic carbocycles. The first-order chi connectivity index (χ1) is 9.84. The van der Waals surface area contributed by atoms with Crippen molar-refractivity contribution in [3.63, 3.8) is 0 Å². The lowest BCUT2D eigenvalue weighted by molar-refractivity contribution is 0.103. The van der Waals surface area contributed by atoms with Crippen LogP contribution in [0.2, 0.25) is 0 Å². The van der Waals surface area contributed by atoms with Crippen molar-refractivity contribution in [2.24, 2.45) is 0 Å². The van der Waals surface area contributed by atoms with Gasteiger partial charge in [0, 0.05) is 11.1 Å². The van der Waals surface area contributed by atoms with Gasteiger partial charge in [0.15, 0.2) is 5.82 Å². The standard InChI is InChI=1S/C16H11N3O/c20-15(12-7-3-1-4-8-12)14-11-17-19-16(18-14)13-9-5-2-6-10-13/h1-11H. The Hall–Kier alpha value is -2.88. The number of benzene rings is 2. The van der Waals surface area contributed by atoms with Gasteiger partial charge in [-0.1, -0.05) is 60.7 Å². The zero-order valence-corrected chi connectivity index (χ0v) is 10.6. The van der Waals surface area contributed by atoms with Gasteiger partial charge in [-0.3, -0.25) is 4.79 Å². The van der Waals surface area contributed by atoms with Crippen molar-refractivity contribution in [3.8, 4) is 11.4 Å². The summed E-state index contributed by atoms with van der Waals surface area (Å²) in [4.78, 5) is 16.6. The van der Waals surface area contributed by atoms with Crippen LogP contribution in [0.15, 0.2) is 66.9 Å². The fraction of sp³-hybridized carbons (Fsp3) is 0. The summed E-state index contributed by atoms with van der Waals surface area (Å²) in [5, 5.41) is 7.85. The van der Waals surface area contributed by atoms with Gasteiger partial charge in [0.05, 0.1) is 6.20 Å². The molecule has 0 amide bonds. The van der Waals surface area contributed by atoms with Crippen molar-refractivity contribution in [3.05, 3.63) is 78.1 Å². The predicted octanol–water partition coefficient (Wildman–Crippen LogP) is 2.77. The Kier molecular flexibility index (Phi) is 3.29. The van der Waals surface area contributed by atoms with Gasteiger partial charge in [0.2, 0.25) is 5.78 Å². The number of carbonyl (C=O) groups is 1. The maximum Gasteiger partial charge on any atom is 0.213 e. The molecule has 0 saturated carbocycles. The topological polar surface area (TPSA) is 55.7 Å². The monoisotopic (exact) mass is 261 g/mol. The van der Waals surface area contributed by atoms with Crippen LogP contribution in [0, 0.1) is 0 Å². The molecule has 1 aromatic heterocycles. The Bertz CT molecular complexity index is 727. The highest BCUT2D eigenvalue weighted by Crippen LogP contribution is 2.14. The Balaban J connectivity index is 1.98. The molecule has 0 fully saturated rings. The van der Waals surface area contributed by atoms with Gasteiger partial charge in [-0.2, -0.15) is 5.10 Å². The molecule has 0 spiro atoms. The van der Waals surface area contributed by atoms with Gasteiger partial charge in [-0.15, -0.1) is 5.10 Å². The van der Waals surface area contributed by atoms with Gasteiger partial charge in [0.25, 0.3) is 0 Å². The molecule has 0 saturated heterocycles. The largest absolute Gasteiger partial charge is 0.287 e. The minimum absolute atomic E-state index is 0.155. The van der Waals surface area contributed by atoms with Gasteiger partial charge in [0.1, 0.15) is 5.69 Å². The summed E-state index contributed by atoms with van der Waals surface area (Å²) in [6.45, 7) is 0. The maximum absolute atomic E-state index is 12.3. The molecule has 0 aliphatic heterocycles. The summed E-state index contributed by atoms with van der Waals surface area (Å²) < 4.78 is 0. The molecule has 0 atom stereocenters. The van der Waals surface area contributed by atoms with Gasteiger partial charge < -0.3 is 0 Å². The molecule has 0 aliphatic carbocycles. The van der Waals surface area contributed by atoms with Crippen molar-refractivity contribution in [2.75, 3.05) is 0 Å². The van der Waals surface area contributed by atoms with Crippen LogP contribution in [0.1, 0.15) is 16.1 Å². The van der Waals surface area contributed by atoms with Crippen LogP contribution >= 0.6 is 0 Å². The van der Waals surface area contributed by atoms with Crippen LogP contribution in [0.25, 0.3) is 11.4 Å². The predicted molar refractivity (Wildman–Crippen MR) is 75.1 cm³/mol. The van der Waals surface area contributed by atoms with E-state index in [0.717, 1.165) is 5.56 Å². The minimum atomic E-state index is -0.155. The Morgan fingerprint density at radius 2 is 1.50 bits per heavy atom. The Morgan fingerprint density at radius 3 is 2.20 bits per heavy atom. The lowest BCUT2D eigenvalue weighted by atomic mass is 10.1. The van der Waals surface area contributed by atoms with Crippen LogP contribution < -0.4 is 0 Å². The summed E-state index contributed by atoms with van der Waals surface area (Å²) in [6.07, 6.45) is 1.39. The van der Waals surface area contributed by atoms with E-state index in [0.29, 0.717) is 17.1 Å². The van der Waals surface area contributed by atoms with Crippen LogP contribution in [-0.2, 0) is 0 Å². The third-order valence-electron chi connectivity index (χ3n) is 2.86. The van der Waals surface area contributed by atoms with Gasteiger partial charge in [-0.05, 0) is 0 Å². The number of nitrogens with zero attached hydrogens (tertiary/aromatic N) is 3. The highest BCUT2D eigenvalue weighted by atomic mass is 16.1. The molecular weight excluding hydrogens is 250 g/mol. The first-order valence-electron chi connectivity index (χ1n) is 6.19. The highest BCUT2D eigenvalue weighted by molar-refractivity contribution is 6.07. The first-order valence-corrected chi connectivity index (χ1v) is 6.19. The number of aromatic nitrogens is 3. The average Bonchev–Trinajstić information content (AvgIpc) is 2.56. The minimum Gasteiger partial charge on any atom is -0.287 e. The van der Waals surface area contributed by atoms with E-state index in [9.17, 15) is 4.79 Å². The summed E-state index contributed by atoms with van der Waals surface area (Å²) >= 11 is 0. The molecule has 0 bridgehead atoms. The average molecular weight is 261 g/mol. The molecule has 1 heterocycles. The van der Waals surface area contributed by atoms with Crippen molar-refractivity contribution in [1.29, 1.82) is 0 Å². The van der Waals surface area contributed by atoms with Crippen molar-refractivity contribution in [2.45, 2.75) is 0 Å². The van der Waals surface area contributed by atoms with E-state index in [2.05, 4.69) is 15.2 Å². The Morgan fingerprint density at radius 1 is 0.850 bits per heavy atom. The van der Waals surface area contributed by atoms with E-state index in [-0.39, 0.29) is 5.78 Å². The molecule has 0 unspecified atom stereocenters. The molecule has 4 nitrogen and oxygen atoms in total. The lowest BCUT2D eigenvalue weighted by Gasteiger charge is -2.02. The van der Waals surface area contributed by atoms with E-state index >= 15 is 0 Å². The molecule has 0 aliphatic rings. The lowest BCUT2D eigenvalue weighted by Crippen LogP contribution is -2.07. The highest BCUT2D eigenvalue weighted by Gasteiger charge is 2.12. The van der Waals surface area contributed by atoms with Crippen molar-refractivity contribution >= 4 is 5.78 Å². The van der Waals surface area contributed by atoms with E-state index < -0.39 is 0 Å². The summed E-state index contributed by atoms with van der Waals surface area (Å²) in [7, 11) is 0. The number of carbonyl (C=O) groups excluding carboxylic acids is 1. The molecule has 96 valence electrons. The van der Waals surface area contributed by atoms with Gasteiger partial charge in [-0.25, -0.2) is 4.98 Å². The summed E-state index contributed by atoms with van der Waals surface area (Å²) in [6, 6.07) is 18.5. The SMILES string of the molecule is O=C(c1ccccc1)c1cnnc(-c2ccccc2)n1. The number of hydrogen-bond acceptors (Lipinski definition) is 4. The van der Waals surface area contributed by atoms with Gasteiger partial charge >= 0.3 is 0 Å². The number of rotatable bonds is 3. The van der Waals surface area contributed by atoms with Crippen molar-refractivity contribution in [1.82, 2.24) is 15.2 Å². The number of hydrogen-bond donors (Lipinski definition) is 0. The van der Waals surface area contributed by atoms with E-state index in [4.69, 9.17) is 0 Å². The molecule has 0 N–H and O–H groups in total. The molecule has 4 heteroatoms. The quantitative estimate of drug-likeness (QED) is 0.680.